The molecule has 0 spiro atoms. The highest BCUT2D eigenvalue weighted by atomic mass is 32.2. The molecule has 0 aliphatic rings. The minimum atomic E-state index is -3.24. The SMILES string of the molecule is CCCNCCS(=O)(=O)N(C)c1ccc(CC)cc1. The maximum atomic E-state index is 12.1. The number of rotatable bonds is 8. The van der Waals surface area contributed by atoms with E-state index in [9.17, 15) is 8.42 Å². The van der Waals surface area contributed by atoms with Crippen LogP contribution < -0.4 is 9.62 Å². The van der Waals surface area contributed by atoms with Crippen LogP contribution in [0.1, 0.15) is 25.8 Å². The zero-order valence-corrected chi connectivity index (χ0v) is 12.8. The molecular formula is C14H24N2O2S. The maximum Gasteiger partial charge on any atom is 0.236 e. The van der Waals surface area contributed by atoms with Crippen LogP contribution in [0.4, 0.5) is 5.69 Å². The predicted octanol–water partition coefficient (Wildman–Crippen LogP) is 2.01. The maximum absolute atomic E-state index is 12.1. The Morgan fingerprint density at radius 1 is 1.11 bits per heavy atom. The van der Waals surface area contributed by atoms with Crippen molar-refractivity contribution in [2.75, 3.05) is 30.2 Å². The van der Waals surface area contributed by atoms with Crippen LogP contribution in [0.2, 0.25) is 0 Å². The molecule has 4 nitrogen and oxygen atoms in total. The van der Waals surface area contributed by atoms with Crippen LogP contribution in [0.15, 0.2) is 24.3 Å². The molecule has 0 heterocycles. The van der Waals surface area contributed by atoms with Crippen molar-refractivity contribution >= 4 is 15.7 Å². The quantitative estimate of drug-likeness (QED) is 0.743. The molecule has 0 amide bonds. The number of hydrogen-bond donors (Lipinski definition) is 1. The van der Waals surface area contributed by atoms with Crippen LogP contribution in [-0.2, 0) is 16.4 Å². The summed E-state index contributed by atoms with van der Waals surface area (Å²) < 4.78 is 25.6. The highest BCUT2D eigenvalue weighted by Gasteiger charge is 2.17. The van der Waals surface area contributed by atoms with E-state index in [1.165, 1.54) is 9.87 Å². The zero-order chi connectivity index (χ0) is 14.3. The highest BCUT2D eigenvalue weighted by Crippen LogP contribution is 2.17. The Morgan fingerprint density at radius 3 is 2.26 bits per heavy atom. The molecule has 1 aromatic carbocycles. The number of nitrogens with one attached hydrogen (secondary N) is 1. The van der Waals surface area contributed by atoms with Gasteiger partial charge in [0.2, 0.25) is 10.0 Å². The largest absolute Gasteiger partial charge is 0.316 e. The second-order valence-corrected chi connectivity index (χ2v) is 6.67. The van der Waals surface area contributed by atoms with Crippen molar-refractivity contribution in [2.24, 2.45) is 0 Å². The molecule has 1 rings (SSSR count). The summed E-state index contributed by atoms with van der Waals surface area (Å²) in [5, 5.41) is 3.11. The van der Waals surface area contributed by atoms with E-state index in [1.54, 1.807) is 7.05 Å². The van der Waals surface area contributed by atoms with Gasteiger partial charge < -0.3 is 5.32 Å². The van der Waals surface area contributed by atoms with Crippen LogP contribution in [0.5, 0.6) is 0 Å². The molecule has 0 saturated heterocycles. The Kier molecular flexibility index (Phi) is 6.31. The summed E-state index contributed by atoms with van der Waals surface area (Å²) in [5.41, 5.74) is 1.92. The lowest BCUT2D eigenvalue weighted by Gasteiger charge is -2.19. The molecular weight excluding hydrogens is 260 g/mol. The smallest absolute Gasteiger partial charge is 0.236 e. The third-order valence-electron chi connectivity index (χ3n) is 3.09. The topological polar surface area (TPSA) is 49.4 Å². The molecule has 108 valence electrons. The Morgan fingerprint density at radius 2 is 1.74 bits per heavy atom. The molecule has 1 aromatic rings. The van der Waals surface area contributed by atoms with E-state index in [0.717, 1.165) is 19.4 Å². The van der Waals surface area contributed by atoms with Crippen molar-refractivity contribution < 1.29 is 8.42 Å². The first-order valence-electron chi connectivity index (χ1n) is 6.77. The highest BCUT2D eigenvalue weighted by molar-refractivity contribution is 7.92. The van der Waals surface area contributed by atoms with Crippen molar-refractivity contribution in [3.8, 4) is 0 Å². The van der Waals surface area contributed by atoms with Gasteiger partial charge in [0.1, 0.15) is 0 Å². The molecule has 0 fully saturated rings. The summed E-state index contributed by atoms with van der Waals surface area (Å²) in [7, 11) is -1.64. The number of nitrogens with zero attached hydrogens (tertiary/aromatic N) is 1. The van der Waals surface area contributed by atoms with Gasteiger partial charge in [0, 0.05) is 13.6 Å². The monoisotopic (exact) mass is 284 g/mol. The molecule has 19 heavy (non-hydrogen) atoms. The molecule has 0 radical (unpaired) electrons. The first-order valence-corrected chi connectivity index (χ1v) is 8.38. The Bertz CT molecular complexity index is 469. The van der Waals surface area contributed by atoms with Gasteiger partial charge in [0.15, 0.2) is 0 Å². The molecule has 0 saturated carbocycles. The molecule has 0 unspecified atom stereocenters. The first kappa shape index (κ1) is 16.0. The first-order chi connectivity index (χ1) is 9.01. The van der Waals surface area contributed by atoms with Gasteiger partial charge in [-0.3, -0.25) is 4.31 Å². The van der Waals surface area contributed by atoms with Crippen LogP contribution in [0.25, 0.3) is 0 Å². The summed E-state index contributed by atoms with van der Waals surface area (Å²) in [6.45, 7) is 5.48. The Balaban J connectivity index is 2.65. The fraction of sp³-hybridized carbons (Fsp3) is 0.571. The average Bonchev–Trinajstić information content (AvgIpc) is 2.43. The molecule has 0 atom stereocenters. The van der Waals surface area contributed by atoms with Gasteiger partial charge in [-0.2, -0.15) is 0 Å². The van der Waals surface area contributed by atoms with Gasteiger partial charge in [0.25, 0.3) is 0 Å². The average molecular weight is 284 g/mol. The lowest BCUT2D eigenvalue weighted by Crippen LogP contribution is -2.33. The second kappa shape index (κ2) is 7.50. The van der Waals surface area contributed by atoms with E-state index in [-0.39, 0.29) is 5.75 Å². The summed E-state index contributed by atoms with van der Waals surface area (Å²) in [6, 6.07) is 7.65. The van der Waals surface area contributed by atoms with E-state index >= 15 is 0 Å². The van der Waals surface area contributed by atoms with Gasteiger partial charge in [-0.05, 0) is 37.1 Å². The van der Waals surface area contributed by atoms with Crippen molar-refractivity contribution in [3.05, 3.63) is 29.8 Å². The summed E-state index contributed by atoms with van der Waals surface area (Å²) in [6.07, 6.45) is 1.96. The Labute approximate surface area is 116 Å². The molecule has 1 N–H and O–H groups in total. The summed E-state index contributed by atoms with van der Waals surface area (Å²) in [4.78, 5) is 0. The van der Waals surface area contributed by atoms with Crippen molar-refractivity contribution in [1.82, 2.24) is 5.32 Å². The zero-order valence-electron chi connectivity index (χ0n) is 12.0. The van der Waals surface area contributed by atoms with Crippen LogP contribution in [0.3, 0.4) is 0 Å². The molecule has 0 aliphatic heterocycles. The molecule has 0 aromatic heterocycles. The normalized spacial score (nSPS) is 11.5. The minimum absolute atomic E-state index is 0.124. The van der Waals surface area contributed by atoms with Crippen LogP contribution in [0, 0.1) is 0 Å². The summed E-state index contributed by atoms with van der Waals surface area (Å²) in [5.74, 6) is 0.124. The second-order valence-electron chi connectivity index (χ2n) is 4.55. The van der Waals surface area contributed by atoms with Gasteiger partial charge in [-0.1, -0.05) is 26.0 Å². The van der Waals surface area contributed by atoms with Crippen LogP contribution >= 0.6 is 0 Å². The van der Waals surface area contributed by atoms with Crippen molar-refractivity contribution in [2.45, 2.75) is 26.7 Å². The molecule has 0 aliphatic carbocycles. The molecule has 5 heteroatoms. The number of benzene rings is 1. The number of sulfonamides is 1. The third kappa shape index (κ3) is 4.84. The molecule has 0 bridgehead atoms. The van der Waals surface area contributed by atoms with E-state index in [0.29, 0.717) is 12.2 Å². The number of anilines is 1. The fourth-order valence-corrected chi connectivity index (χ4v) is 2.86. The van der Waals surface area contributed by atoms with Gasteiger partial charge in [-0.15, -0.1) is 0 Å². The number of aryl methyl sites for hydroxylation is 1. The van der Waals surface area contributed by atoms with Crippen molar-refractivity contribution in [3.63, 3.8) is 0 Å². The summed E-state index contributed by atoms with van der Waals surface area (Å²) >= 11 is 0. The lowest BCUT2D eigenvalue weighted by atomic mass is 10.1. The van der Waals surface area contributed by atoms with E-state index < -0.39 is 10.0 Å². The Hall–Kier alpha value is -1.07. The van der Waals surface area contributed by atoms with Gasteiger partial charge >= 0.3 is 0 Å². The van der Waals surface area contributed by atoms with Crippen LogP contribution in [-0.4, -0.2) is 34.3 Å². The minimum Gasteiger partial charge on any atom is -0.316 e. The number of hydrogen-bond acceptors (Lipinski definition) is 3. The van der Waals surface area contributed by atoms with E-state index in [1.807, 2.05) is 24.3 Å². The standard InChI is InChI=1S/C14H24N2O2S/c1-4-10-15-11-12-19(17,18)16(3)14-8-6-13(5-2)7-9-14/h6-9,15H,4-5,10-12H2,1-3H3. The van der Waals surface area contributed by atoms with E-state index in [2.05, 4.69) is 19.2 Å². The lowest BCUT2D eigenvalue weighted by molar-refractivity contribution is 0.588. The fourth-order valence-electron chi connectivity index (χ4n) is 1.74. The van der Waals surface area contributed by atoms with Crippen molar-refractivity contribution in [1.29, 1.82) is 0 Å². The van der Waals surface area contributed by atoms with Gasteiger partial charge in [-0.25, -0.2) is 8.42 Å². The third-order valence-corrected chi connectivity index (χ3v) is 4.85. The van der Waals surface area contributed by atoms with Gasteiger partial charge in [0.05, 0.1) is 11.4 Å². The van der Waals surface area contributed by atoms with E-state index in [4.69, 9.17) is 0 Å². The predicted molar refractivity (Wildman–Crippen MR) is 81.2 cm³/mol.